The largest absolute Gasteiger partial charge is 0.478 e. The van der Waals surface area contributed by atoms with Crippen LogP contribution in [0.1, 0.15) is 23.2 Å². The van der Waals surface area contributed by atoms with Crippen LogP contribution in [-0.2, 0) is 0 Å². The molecule has 0 radical (unpaired) electrons. The molecular weight excluding hydrogens is 240 g/mol. The Balaban J connectivity index is 2.33. The fraction of sp³-hybridized carbons (Fsp3) is 0.417. The number of carboxylic acids is 1. The van der Waals surface area contributed by atoms with Gasteiger partial charge >= 0.3 is 5.97 Å². The summed E-state index contributed by atoms with van der Waals surface area (Å²) in [6.45, 7) is 1.54. The van der Waals surface area contributed by atoms with Gasteiger partial charge in [0.25, 0.3) is 0 Å². The van der Waals surface area contributed by atoms with E-state index < -0.39 is 5.97 Å². The number of carbonyl (C=O) groups is 1. The van der Waals surface area contributed by atoms with E-state index in [2.05, 4.69) is 0 Å². The lowest BCUT2D eigenvalue weighted by Gasteiger charge is -2.33. The van der Waals surface area contributed by atoms with E-state index in [0.29, 0.717) is 17.3 Å². The average Bonchev–Trinajstić information content (AvgIpc) is 2.28. The first-order chi connectivity index (χ1) is 8.08. The lowest BCUT2D eigenvalue weighted by atomic mass is 10.0. The van der Waals surface area contributed by atoms with Gasteiger partial charge in [-0.2, -0.15) is 0 Å². The summed E-state index contributed by atoms with van der Waals surface area (Å²) in [7, 11) is 0. The molecule has 1 atom stereocenters. The normalized spacial score (nSPS) is 20.4. The minimum atomic E-state index is -0.957. The van der Waals surface area contributed by atoms with Crippen molar-refractivity contribution in [2.45, 2.75) is 18.9 Å². The van der Waals surface area contributed by atoms with Crippen LogP contribution in [0, 0.1) is 0 Å². The lowest BCUT2D eigenvalue weighted by molar-refractivity contribution is 0.0697. The zero-order chi connectivity index (χ0) is 12.4. The second-order valence-corrected chi connectivity index (χ2v) is 4.75. The Hall–Kier alpha value is -1.26. The van der Waals surface area contributed by atoms with Crippen molar-refractivity contribution in [2.24, 2.45) is 5.73 Å². The Morgan fingerprint density at radius 1 is 1.53 bits per heavy atom. The van der Waals surface area contributed by atoms with Gasteiger partial charge in [-0.05, 0) is 31.0 Å². The van der Waals surface area contributed by atoms with E-state index in [-0.39, 0.29) is 11.6 Å². The first kappa shape index (κ1) is 12.2. The zero-order valence-electron chi connectivity index (χ0n) is 9.40. The molecule has 1 aromatic carbocycles. The third-order valence-electron chi connectivity index (χ3n) is 2.99. The first-order valence-electron chi connectivity index (χ1n) is 5.61. The van der Waals surface area contributed by atoms with Crippen LogP contribution in [0.4, 0.5) is 5.69 Å². The first-order valence-corrected chi connectivity index (χ1v) is 5.99. The topological polar surface area (TPSA) is 66.6 Å². The Labute approximate surface area is 105 Å². The third kappa shape index (κ3) is 2.70. The van der Waals surface area contributed by atoms with Crippen LogP contribution in [0.25, 0.3) is 0 Å². The van der Waals surface area contributed by atoms with E-state index in [1.807, 2.05) is 4.90 Å². The molecule has 0 bridgehead atoms. The molecule has 0 spiro atoms. The minimum absolute atomic E-state index is 0.112. The van der Waals surface area contributed by atoms with E-state index >= 15 is 0 Å². The number of nitrogens with two attached hydrogens (primary N) is 1. The maximum absolute atomic E-state index is 11.2. The van der Waals surface area contributed by atoms with Crippen molar-refractivity contribution in [3.63, 3.8) is 0 Å². The second-order valence-electron chi connectivity index (χ2n) is 4.31. The highest BCUT2D eigenvalue weighted by molar-refractivity contribution is 6.31. The van der Waals surface area contributed by atoms with E-state index in [9.17, 15) is 9.90 Å². The number of aromatic carboxylic acids is 1. The highest BCUT2D eigenvalue weighted by Crippen LogP contribution is 2.26. The van der Waals surface area contributed by atoms with E-state index in [1.165, 1.54) is 6.07 Å². The molecule has 0 aromatic heterocycles. The van der Waals surface area contributed by atoms with Gasteiger partial charge in [-0.1, -0.05) is 11.6 Å². The summed E-state index contributed by atoms with van der Waals surface area (Å²) in [5, 5.41) is 9.61. The molecule has 1 aliphatic rings. The molecule has 1 heterocycles. The van der Waals surface area contributed by atoms with Crippen molar-refractivity contribution in [1.82, 2.24) is 0 Å². The summed E-state index contributed by atoms with van der Waals surface area (Å²) < 4.78 is 0. The Kier molecular flexibility index (Phi) is 3.54. The number of piperidine rings is 1. The van der Waals surface area contributed by atoms with Gasteiger partial charge in [-0.25, -0.2) is 4.79 Å². The Morgan fingerprint density at radius 2 is 2.29 bits per heavy atom. The molecule has 0 aliphatic carbocycles. The SMILES string of the molecule is NC1CCCN(c2ccc(Cl)cc2C(=O)O)C1. The summed E-state index contributed by atoms with van der Waals surface area (Å²) in [5.74, 6) is -0.957. The molecule has 1 unspecified atom stereocenters. The van der Waals surface area contributed by atoms with Gasteiger partial charge in [0.1, 0.15) is 0 Å². The van der Waals surface area contributed by atoms with Crippen LogP contribution in [0.5, 0.6) is 0 Å². The van der Waals surface area contributed by atoms with Crippen molar-refractivity contribution in [1.29, 1.82) is 0 Å². The van der Waals surface area contributed by atoms with Gasteiger partial charge in [0.15, 0.2) is 0 Å². The quantitative estimate of drug-likeness (QED) is 0.847. The minimum Gasteiger partial charge on any atom is -0.478 e. The van der Waals surface area contributed by atoms with Gasteiger partial charge < -0.3 is 15.7 Å². The highest BCUT2D eigenvalue weighted by Gasteiger charge is 2.21. The molecule has 0 amide bonds. The molecule has 1 aliphatic heterocycles. The summed E-state index contributed by atoms with van der Waals surface area (Å²) in [6.07, 6.45) is 1.98. The number of halogens is 1. The highest BCUT2D eigenvalue weighted by atomic mass is 35.5. The molecule has 1 aromatic rings. The van der Waals surface area contributed by atoms with Crippen molar-refractivity contribution >= 4 is 23.3 Å². The molecule has 5 heteroatoms. The average molecular weight is 255 g/mol. The summed E-state index contributed by atoms with van der Waals surface area (Å²) in [6, 6.07) is 5.06. The third-order valence-corrected chi connectivity index (χ3v) is 3.22. The molecule has 1 saturated heterocycles. The molecule has 3 N–H and O–H groups in total. The van der Waals surface area contributed by atoms with Crippen molar-refractivity contribution < 1.29 is 9.90 Å². The molecular formula is C12H15ClN2O2. The maximum atomic E-state index is 11.2. The predicted octanol–water partition coefficient (Wildman–Crippen LogP) is 1.97. The standard InChI is InChI=1S/C12H15ClN2O2/c13-8-3-4-11(10(6-8)12(16)17)15-5-1-2-9(14)7-15/h3-4,6,9H,1-2,5,7,14H2,(H,16,17). The Morgan fingerprint density at radius 3 is 2.94 bits per heavy atom. The molecule has 17 heavy (non-hydrogen) atoms. The van der Waals surface area contributed by atoms with Crippen LogP contribution in [0.15, 0.2) is 18.2 Å². The van der Waals surface area contributed by atoms with Crippen LogP contribution in [0.3, 0.4) is 0 Å². The number of rotatable bonds is 2. The van der Waals surface area contributed by atoms with Gasteiger partial charge in [0.05, 0.1) is 11.3 Å². The zero-order valence-corrected chi connectivity index (χ0v) is 10.2. The number of hydrogen-bond donors (Lipinski definition) is 2. The molecule has 0 saturated carbocycles. The van der Waals surface area contributed by atoms with Crippen molar-refractivity contribution in [2.75, 3.05) is 18.0 Å². The molecule has 2 rings (SSSR count). The lowest BCUT2D eigenvalue weighted by Crippen LogP contribution is -2.43. The van der Waals surface area contributed by atoms with E-state index in [4.69, 9.17) is 17.3 Å². The maximum Gasteiger partial charge on any atom is 0.337 e. The number of carboxylic acid groups (broad SMARTS) is 1. The molecule has 4 nitrogen and oxygen atoms in total. The van der Waals surface area contributed by atoms with Crippen molar-refractivity contribution in [3.05, 3.63) is 28.8 Å². The molecule has 92 valence electrons. The van der Waals surface area contributed by atoms with Crippen LogP contribution < -0.4 is 10.6 Å². The van der Waals surface area contributed by atoms with Gasteiger partial charge in [-0.3, -0.25) is 0 Å². The number of benzene rings is 1. The smallest absolute Gasteiger partial charge is 0.337 e. The van der Waals surface area contributed by atoms with Gasteiger partial charge in [0, 0.05) is 24.2 Å². The van der Waals surface area contributed by atoms with Crippen LogP contribution in [0.2, 0.25) is 5.02 Å². The molecule has 1 fully saturated rings. The van der Waals surface area contributed by atoms with E-state index in [1.54, 1.807) is 12.1 Å². The summed E-state index contributed by atoms with van der Waals surface area (Å²) in [5.41, 5.74) is 6.85. The Bertz CT molecular complexity index is 437. The van der Waals surface area contributed by atoms with Gasteiger partial charge in [-0.15, -0.1) is 0 Å². The summed E-state index contributed by atoms with van der Waals surface area (Å²) in [4.78, 5) is 13.2. The fourth-order valence-corrected chi connectivity index (χ4v) is 2.36. The van der Waals surface area contributed by atoms with Crippen molar-refractivity contribution in [3.8, 4) is 0 Å². The number of nitrogens with zero attached hydrogens (tertiary/aromatic N) is 1. The van der Waals surface area contributed by atoms with Crippen LogP contribution in [-0.4, -0.2) is 30.2 Å². The monoisotopic (exact) mass is 254 g/mol. The van der Waals surface area contributed by atoms with Gasteiger partial charge in [0.2, 0.25) is 0 Å². The predicted molar refractivity (Wildman–Crippen MR) is 67.8 cm³/mol. The fourth-order valence-electron chi connectivity index (χ4n) is 2.18. The summed E-state index contributed by atoms with van der Waals surface area (Å²) >= 11 is 5.82. The van der Waals surface area contributed by atoms with E-state index in [0.717, 1.165) is 19.4 Å². The number of hydrogen-bond acceptors (Lipinski definition) is 3. The second kappa shape index (κ2) is 4.94. The number of anilines is 1. The van der Waals surface area contributed by atoms with Crippen LogP contribution >= 0.6 is 11.6 Å².